The van der Waals surface area contributed by atoms with Gasteiger partial charge in [0.1, 0.15) is 5.75 Å². The maximum absolute atomic E-state index is 12.5. The third-order valence-electron chi connectivity index (χ3n) is 4.13. The number of hydrogen-bond acceptors (Lipinski definition) is 4. The second kappa shape index (κ2) is 10.4. The molecule has 3 aromatic carbocycles. The zero-order valence-electron chi connectivity index (χ0n) is 17.2. The van der Waals surface area contributed by atoms with E-state index < -0.39 is 0 Å². The van der Waals surface area contributed by atoms with Crippen molar-refractivity contribution >= 4 is 40.5 Å². The Hall–Kier alpha value is -3.71. The molecule has 0 aliphatic heterocycles. The van der Waals surface area contributed by atoms with Crippen LogP contribution in [0.15, 0.2) is 78.9 Å². The van der Waals surface area contributed by atoms with Crippen LogP contribution in [0.2, 0.25) is 0 Å². The van der Waals surface area contributed by atoms with Gasteiger partial charge in [0.05, 0.1) is 6.10 Å². The largest absolute Gasteiger partial charge is 0.491 e. The minimum absolute atomic E-state index is 0.0153. The van der Waals surface area contributed by atoms with Crippen molar-refractivity contribution in [2.75, 3.05) is 10.6 Å². The highest BCUT2D eigenvalue weighted by Gasteiger charge is 2.10. The quantitative estimate of drug-likeness (QED) is 0.484. The molecule has 6 nitrogen and oxygen atoms in total. The van der Waals surface area contributed by atoms with E-state index in [2.05, 4.69) is 16.0 Å². The number of carbonyl (C=O) groups excluding carboxylic acids is 2. The van der Waals surface area contributed by atoms with Gasteiger partial charge in [-0.3, -0.25) is 14.9 Å². The molecule has 0 saturated heterocycles. The summed E-state index contributed by atoms with van der Waals surface area (Å²) in [6.45, 7) is 3.84. The van der Waals surface area contributed by atoms with E-state index in [1.54, 1.807) is 60.7 Å². The maximum Gasteiger partial charge on any atom is 0.257 e. The number of rotatable bonds is 6. The Kier molecular flexibility index (Phi) is 7.35. The summed E-state index contributed by atoms with van der Waals surface area (Å²) in [4.78, 5) is 24.7. The molecule has 0 aliphatic rings. The van der Waals surface area contributed by atoms with Crippen LogP contribution in [0.25, 0.3) is 0 Å². The van der Waals surface area contributed by atoms with E-state index in [9.17, 15) is 9.59 Å². The maximum atomic E-state index is 12.5. The lowest BCUT2D eigenvalue weighted by atomic mass is 10.2. The van der Waals surface area contributed by atoms with Crippen molar-refractivity contribution in [2.24, 2.45) is 0 Å². The number of anilines is 2. The van der Waals surface area contributed by atoms with E-state index in [1.165, 1.54) is 0 Å². The van der Waals surface area contributed by atoms with Crippen molar-refractivity contribution in [1.82, 2.24) is 5.32 Å². The first-order valence-corrected chi connectivity index (χ1v) is 10.2. The fourth-order valence-corrected chi connectivity index (χ4v) is 2.96. The predicted molar refractivity (Wildman–Crippen MR) is 127 cm³/mol. The van der Waals surface area contributed by atoms with Crippen molar-refractivity contribution in [3.8, 4) is 5.75 Å². The van der Waals surface area contributed by atoms with E-state index in [1.807, 2.05) is 32.0 Å². The SMILES string of the molecule is CC(C)Oc1cccc(C(=O)NC(=S)Nc2ccc(NC(=O)c3ccccc3)cc2)c1. The molecule has 3 aromatic rings. The van der Waals surface area contributed by atoms with Gasteiger partial charge in [-0.15, -0.1) is 0 Å². The van der Waals surface area contributed by atoms with E-state index >= 15 is 0 Å². The van der Waals surface area contributed by atoms with Crippen LogP contribution in [-0.2, 0) is 0 Å². The molecule has 158 valence electrons. The molecule has 3 rings (SSSR count). The number of hydrogen-bond donors (Lipinski definition) is 3. The third kappa shape index (κ3) is 6.65. The lowest BCUT2D eigenvalue weighted by molar-refractivity contribution is 0.0975. The Morgan fingerprint density at radius 1 is 0.774 bits per heavy atom. The van der Waals surface area contributed by atoms with Crippen LogP contribution in [0.3, 0.4) is 0 Å². The number of carbonyl (C=O) groups is 2. The topological polar surface area (TPSA) is 79.5 Å². The summed E-state index contributed by atoms with van der Waals surface area (Å²) in [6, 6.07) is 22.9. The first-order chi connectivity index (χ1) is 14.9. The number of benzene rings is 3. The summed E-state index contributed by atoms with van der Waals surface area (Å²) < 4.78 is 5.61. The van der Waals surface area contributed by atoms with Gasteiger partial charge in [-0.2, -0.15) is 0 Å². The fourth-order valence-electron chi connectivity index (χ4n) is 2.75. The molecule has 0 aliphatic carbocycles. The molecule has 0 fully saturated rings. The summed E-state index contributed by atoms with van der Waals surface area (Å²) in [7, 11) is 0. The zero-order valence-corrected chi connectivity index (χ0v) is 18.0. The minimum atomic E-state index is -0.335. The number of ether oxygens (including phenoxy) is 1. The van der Waals surface area contributed by atoms with Gasteiger partial charge < -0.3 is 15.4 Å². The summed E-state index contributed by atoms with van der Waals surface area (Å²) in [6.07, 6.45) is 0.0153. The molecule has 31 heavy (non-hydrogen) atoms. The van der Waals surface area contributed by atoms with Crippen LogP contribution in [-0.4, -0.2) is 23.0 Å². The van der Waals surface area contributed by atoms with Crippen molar-refractivity contribution in [3.05, 3.63) is 90.0 Å². The molecular weight excluding hydrogens is 410 g/mol. The molecule has 0 saturated carbocycles. The van der Waals surface area contributed by atoms with Crippen LogP contribution in [0.5, 0.6) is 5.75 Å². The van der Waals surface area contributed by atoms with Gasteiger partial charge in [0, 0.05) is 22.5 Å². The van der Waals surface area contributed by atoms with Crippen molar-refractivity contribution in [2.45, 2.75) is 20.0 Å². The monoisotopic (exact) mass is 433 g/mol. The van der Waals surface area contributed by atoms with Gasteiger partial charge in [-0.05, 0) is 80.7 Å². The summed E-state index contributed by atoms with van der Waals surface area (Å²) >= 11 is 5.24. The van der Waals surface area contributed by atoms with Gasteiger partial charge in [-0.1, -0.05) is 24.3 Å². The molecular formula is C24H23N3O3S. The summed E-state index contributed by atoms with van der Waals surface area (Å²) in [5, 5.41) is 8.60. The smallest absolute Gasteiger partial charge is 0.257 e. The molecule has 0 atom stereocenters. The van der Waals surface area contributed by atoms with Gasteiger partial charge >= 0.3 is 0 Å². The minimum Gasteiger partial charge on any atom is -0.491 e. The van der Waals surface area contributed by atoms with Gasteiger partial charge in [0.2, 0.25) is 0 Å². The molecule has 2 amide bonds. The second-order valence-corrected chi connectivity index (χ2v) is 7.41. The molecule has 0 aromatic heterocycles. The average Bonchev–Trinajstić information content (AvgIpc) is 2.75. The lowest BCUT2D eigenvalue weighted by Crippen LogP contribution is -2.34. The Morgan fingerprint density at radius 3 is 2.03 bits per heavy atom. The van der Waals surface area contributed by atoms with Crippen molar-refractivity contribution in [1.29, 1.82) is 0 Å². The van der Waals surface area contributed by atoms with E-state index in [0.29, 0.717) is 28.3 Å². The Labute approximate surface area is 186 Å². The third-order valence-corrected chi connectivity index (χ3v) is 4.34. The lowest BCUT2D eigenvalue weighted by Gasteiger charge is -2.12. The normalized spacial score (nSPS) is 10.3. The highest BCUT2D eigenvalue weighted by atomic mass is 32.1. The Balaban J connectivity index is 1.54. The fraction of sp³-hybridized carbons (Fsp3) is 0.125. The standard InChI is InChI=1S/C24H23N3O3S/c1-16(2)30-21-10-6-9-18(15-21)23(29)27-24(31)26-20-13-11-19(12-14-20)25-22(28)17-7-4-3-5-8-17/h3-16H,1-2H3,(H,25,28)(H2,26,27,29,31). The average molecular weight is 434 g/mol. The number of thiocarbonyl (C=S) groups is 1. The molecule has 0 radical (unpaired) electrons. The van der Waals surface area contributed by atoms with Gasteiger partial charge in [0.15, 0.2) is 5.11 Å². The molecule has 7 heteroatoms. The van der Waals surface area contributed by atoms with Crippen LogP contribution >= 0.6 is 12.2 Å². The Bertz CT molecular complexity index is 1070. The van der Waals surface area contributed by atoms with Crippen molar-refractivity contribution < 1.29 is 14.3 Å². The zero-order chi connectivity index (χ0) is 22.2. The molecule has 0 spiro atoms. The molecule has 3 N–H and O–H groups in total. The first kappa shape index (κ1) is 22.0. The van der Waals surface area contributed by atoms with Crippen LogP contribution in [0.1, 0.15) is 34.6 Å². The number of amides is 2. The number of nitrogens with one attached hydrogen (secondary N) is 3. The summed E-state index contributed by atoms with van der Waals surface area (Å²) in [5.41, 5.74) is 2.36. The van der Waals surface area contributed by atoms with E-state index in [-0.39, 0.29) is 23.0 Å². The highest BCUT2D eigenvalue weighted by molar-refractivity contribution is 7.80. The Morgan fingerprint density at radius 2 is 1.39 bits per heavy atom. The van der Waals surface area contributed by atoms with Gasteiger partial charge in [-0.25, -0.2) is 0 Å². The van der Waals surface area contributed by atoms with Crippen LogP contribution in [0, 0.1) is 0 Å². The second-order valence-electron chi connectivity index (χ2n) is 7.00. The highest BCUT2D eigenvalue weighted by Crippen LogP contribution is 2.16. The van der Waals surface area contributed by atoms with Crippen LogP contribution < -0.4 is 20.7 Å². The van der Waals surface area contributed by atoms with Crippen molar-refractivity contribution in [3.63, 3.8) is 0 Å². The van der Waals surface area contributed by atoms with E-state index in [4.69, 9.17) is 17.0 Å². The van der Waals surface area contributed by atoms with Gasteiger partial charge in [0.25, 0.3) is 11.8 Å². The van der Waals surface area contributed by atoms with E-state index in [0.717, 1.165) is 0 Å². The summed E-state index contributed by atoms with van der Waals surface area (Å²) in [5.74, 6) is 0.0980. The molecule has 0 unspecified atom stereocenters. The first-order valence-electron chi connectivity index (χ1n) is 9.76. The van der Waals surface area contributed by atoms with Crippen LogP contribution in [0.4, 0.5) is 11.4 Å². The molecule has 0 bridgehead atoms. The molecule has 0 heterocycles. The predicted octanol–water partition coefficient (Wildman–Crippen LogP) is 4.85.